The number of hydrogen-bond acceptors (Lipinski definition) is 5. The number of hydrogen-bond donors (Lipinski definition) is 2. The maximum atomic E-state index is 11.1. The lowest BCUT2D eigenvalue weighted by atomic mass is 9.92. The monoisotopic (exact) mass is 267 g/mol. The smallest absolute Gasteiger partial charge is 0.339 e. The van der Waals surface area contributed by atoms with Gasteiger partial charge >= 0.3 is 5.97 Å². The number of nitrogens with one attached hydrogen (secondary N) is 1. The Kier molecular flexibility index (Phi) is 4.42. The second-order valence-corrected chi connectivity index (χ2v) is 5.39. The number of carbonyl (C=O) groups is 1. The Morgan fingerprint density at radius 2 is 2.16 bits per heavy atom. The van der Waals surface area contributed by atoms with Crippen molar-refractivity contribution in [1.29, 1.82) is 0 Å². The molecule has 0 amide bonds. The highest BCUT2D eigenvalue weighted by molar-refractivity contribution is 5.93. The van der Waals surface area contributed by atoms with Crippen LogP contribution < -0.4 is 5.32 Å². The van der Waals surface area contributed by atoms with Crippen LogP contribution in [-0.4, -0.2) is 27.5 Å². The van der Waals surface area contributed by atoms with E-state index in [4.69, 9.17) is 5.11 Å². The standard InChI is InChI=1S/C12H17N3O4/c1-12(2,3)4-5-13-10-9(11(16)17)6-8(7-14-10)15(18)19/h6-7H,4-5H2,1-3H3,(H,13,14)(H,16,17). The van der Waals surface area contributed by atoms with Gasteiger partial charge in [0.05, 0.1) is 4.92 Å². The minimum absolute atomic E-state index is 0.108. The normalized spacial score (nSPS) is 11.1. The largest absolute Gasteiger partial charge is 0.478 e. The molecule has 7 nitrogen and oxygen atoms in total. The fourth-order valence-corrected chi connectivity index (χ4v) is 1.41. The van der Waals surface area contributed by atoms with E-state index in [0.717, 1.165) is 18.7 Å². The second kappa shape index (κ2) is 5.64. The van der Waals surface area contributed by atoms with E-state index in [1.807, 2.05) is 0 Å². The van der Waals surface area contributed by atoms with E-state index in [9.17, 15) is 14.9 Å². The summed E-state index contributed by atoms with van der Waals surface area (Å²) in [5.74, 6) is -1.09. The molecule has 0 aliphatic rings. The molecule has 19 heavy (non-hydrogen) atoms. The molecule has 7 heteroatoms. The van der Waals surface area contributed by atoms with Gasteiger partial charge in [-0.25, -0.2) is 9.78 Å². The molecular weight excluding hydrogens is 250 g/mol. The summed E-state index contributed by atoms with van der Waals surface area (Å²) in [7, 11) is 0. The maximum Gasteiger partial charge on any atom is 0.339 e. The van der Waals surface area contributed by atoms with E-state index >= 15 is 0 Å². The summed E-state index contributed by atoms with van der Waals surface area (Å²) in [6.45, 7) is 6.75. The van der Waals surface area contributed by atoms with Crippen molar-refractivity contribution >= 4 is 17.5 Å². The van der Waals surface area contributed by atoms with Gasteiger partial charge in [0.2, 0.25) is 0 Å². The van der Waals surface area contributed by atoms with E-state index in [0.29, 0.717) is 6.54 Å². The number of carboxylic acids is 1. The summed E-state index contributed by atoms with van der Waals surface area (Å²) in [5, 5.41) is 22.5. The summed E-state index contributed by atoms with van der Waals surface area (Å²) in [6, 6.07) is 1.01. The third kappa shape index (κ3) is 4.53. The molecule has 104 valence electrons. The number of pyridine rings is 1. The predicted octanol–water partition coefficient (Wildman–Crippen LogP) is 2.54. The molecule has 0 atom stereocenters. The van der Waals surface area contributed by atoms with Crippen molar-refractivity contribution in [2.24, 2.45) is 5.41 Å². The third-order valence-electron chi connectivity index (χ3n) is 2.48. The molecule has 0 radical (unpaired) electrons. The van der Waals surface area contributed by atoms with E-state index in [1.54, 1.807) is 0 Å². The first-order valence-corrected chi connectivity index (χ1v) is 5.82. The molecule has 0 aromatic carbocycles. The fraction of sp³-hybridized carbons (Fsp3) is 0.500. The van der Waals surface area contributed by atoms with Crippen molar-refractivity contribution < 1.29 is 14.8 Å². The van der Waals surface area contributed by atoms with Gasteiger partial charge in [0.1, 0.15) is 17.6 Å². The highest BCUT2D eigenvalue weighted by atomic mass is 16.6. The molecule has 0 aliphatic carbocycles. The Hall–Kier alpha value is -2.18. The van der Waals surface area contributed by atoms with Crippen LogP contribution in [0.15, 0.2) is 12.3 Å². The minimum atomic E-state index is -1.24. The molecule has 2 N–H and O–H groups in total. The summed E-state index contributed by atoms with van der Waals surface area (Å²) in [4.78, 5) is 24.8. The number of carboxylic acid groups (broad SMARTS) is 1. The van der Waals surface area contributed by atoms with Gasteiger partial charge in [-0.3, -0.25) is 10.1 Å². The average Bonchev–Trinajstić information content (AvgIpc) is 2.27. The first kappa shape index (κ1) is 14.9. The summed E-state index contributed by atoms with van der Waals surface area (Å²) >= 11 is 0. The number of aromatic carboxylic acids is 1. The van der Waals surface area contributed by atoms with Gasteiger partial charge in [-0.2, -0.15) is 0 Å². The number of rotatable bonds is 5. The van der Waals surface area contributed by atoms with Gasteiger partial charge in [0.25, 0.3) is 5.69 Å². The zero-order valence-electron chi connectivity index (χ0n) is 11.1. The topological polar surface area (TPSA) is 105 Å². The maximum absolute atomic E-state index is 11.1. The Morgan fingerprint density at radius 3 is 2.63 bits per heavy atom. The van der Waals surface area contributed by atoms with Crippen molar-refractivity contribution in [1.82, 2.24) is 4.98 Å². The Balaban J connectivity index is 2.89. The zero-order chi connectivity index (χ0) is 14.6. The van der Waals surface area contributed by atoms with Gasteiger partial charge in [-0.05, 0) is 11.8 Å². The zero-order valence-corrected chi connectivity index (χ0v) is 11.1. The quantitative estimate of drug-likeness (QED) is 0.627. The molecule has 0 fully saturated rings. The predicted molar refractivity (Wildman–Crippen MR) is 70.4 cm³/mol. The van der Waals surface area contributed by atoms with Crippen molar-refractivity contribution in [2.45, 2.75) is 27.2 Å². The molecule has 1 rings (SSSR count). The van der Waals surface area contributed by atoms with E-state index in [1.165, 1.54) is 0 Å². The fourth-order valence-electron chi connectivity index (χ4n) is 1.41. The van der Waals surface area contributed by atoms with Crippen molar-refractivity contribution in [3.63, 3.8) is 0 Å². The second-order valence-electron chi connectivity index (χ2n) is 5.39. The third-order valence-corrected chi connectivity index (χ3v) is 2.48. The number of aromatic nitrogens is 1. The van der Waals surface area contributed by atoms with Crippen LogP contribution in [0.5, 0.6) is 0 Å². The summed E-state index contributed by atoms with van der Waals surface area (Å²) < 4.78 is 0. The molecule has 0 saturated heterocycles. The van der Waals surface area contributed by atoms with Crippen LogP contribution >= 0.6 is 0 Å². The molecule has 0 spiro atoms. The molecule has 0 aliphatic heterocycles. The van der Waals surface area contributed by atoms with Gasteiger partial charge in [-0.15, -0.1) is 0 Å². The van der Waals surface area contributed by atoms with Crippen LogP contribution in [0.1, 0.15) is 37.6 Å². The Morgan fingerprint density at radius 1 is 1.53 bits per heavy atom. The molecule has 0 saturated carbocycles. The SMILES string of the molecule is CC(C)(C)CCNc1ncc([N+](=O)[O-])cc1C(=O)O. The number of nitrogens with zero attached hydrogens (tertiary/aromatic N) is 2. The molecule has 1 aromatic rings. The Labute approximate surface area is 110 Å². The first-order valence-electron chi connectivity index (χ1n) is 5.82. The van der Waals surface area contributed by atoms with Gasteiger partial charge in [-0.1, -0.05) is 20.8 Å². The number of anilines is 1. The van der Waals surface area contributed by atoms with Crippen molar-refractivity contribution in [3.05, 3.63) is 27.9 Å². The van der Waals surface area contributed by atoms with Gasteiger partial charge in [0, 0.05) is 12.6 Å². The molecular formula is C12H17N3O4. The van der Waals surface area contributed by atoms with Crippen LogP contribution in [-0.2, 0) is 0 Å². The first-order chi connectivity index (χ1) is 8.70. The van der Waals surface area contributed by atoms with Crippen LogP contribution in [0.4, 0.5) is 11.5 Å². The molecule has 0 unspecified atom stereocenters. The van der Waals surface area contributed by atoms with Crippen LogP contribution in [0, 0.1) is 15.5 Å². The van der Waals surface area contributed by atoms with Crippen LogP contribution in [0.25, 0.3) is 0 Å². The lowest BCUT2D eigenvalue weighted by Crippen LogP contribution is -2.15. The lowest BCUT2D eigenvalue weighted by molar-refractivity contribution is -0.385. The van der Waals surface area contributed by atoms with E-state index in [-0.39, 0.29) is 22.5 Å². The van der Waals surface area contributed by atoms with Crippen molar-refractivity contribution in [3.8, 4) is 0 Å². The number of nitro groups is 1. The summed E-state index contributed by atoms with van der Waals surface area (Å²) in [6.07, 6.45) is 1.87. The minimum Gasteiger partial charge on any atom is -0.478 e. The van der Waals surface area contributed by atoms with E-state index in [2.05, 4.69) is 31.1 Å². The average molecular weight is 267 g/mol. The van der Waals surface area contributed by atoms with E-state index < -0.39 is 10.9 Å². The van der Waals surface area contributed by atoms with Gasteiger partial charge < -0.3 is 10.4 Å². The molecule has 0 bridgehead atoms. The lowest BCUT2D eigenvalue weighted by Gasteiger charge is -2.18. The highest BCUT2D eigenvalue weighted by Crippen LogP contribution is 2.21. The summed E-state index contributed by atoms with van der Waals surface area (Å²) in [5.41, 5.74) is -0.418. The van der Waals surface area contributed by atoms with Crippen molar-refractivity contribution in [2.75, 3.05) is 11.9 Å². The van der Waals surface area contributed by atoms with Gasteiger partial charge in [0.15, 0.2) is 0 Å². The molecule has 1 aromatic heterocycles. The highest BCUT2D eigenvalue weighted by Gasteiger charge is 2.18. The molecule has 1 heterocycles. The van der Waals surface area contributed by atoms with Crippen LogP contribution in [0.2, 0.25) is 0 Å². The Bertz CT molecular complexity index is 494. The van der Waals surface area contributed by atoms with Crippen LogP contribution in [0.3, 0.4) is 0 Å².